The highest BCUT2D eigenvalue weighted by molar-refractivity contribution is 5.79. The minimum Gasteiger partial charge on any atom is -0.355 e. The molecular formula is C15H22N2O. The van der Waals surface area contributed by atoms with Crippen LogP contribution in [-0.2, 0) is 17.8 Å². The van der Waals surface area contributed by atoms with Gasteiger partial charge >= 0.3 is 0 Å². The quantitative estimate of drug-likeness (QED) is 0.835. The maximum atomic E-state index is 11.9. The number of hydrogen-bond acceptors (Lipinski definition) is 2. The van der Waals surface area contributed by atoms with Crippen molar-refractivity contribution in [2.75, 3.05) is 6.54 Å². The van der Waals surface area contributed by atoms with Crippen molar-refractivity contribution in [3.05, 3.63) is 35.4 Å². The molecule has 0 bridgehead atoms. The van der Waals surface area contributed by atoms with Crippen LogP contribution in [0.5, 0.6) is 0 Å². The Morgan fingerprint density at radius 3 is 2.56 bits per heavy atom. The molecule has 3 nitrogen and oxygen atoms in total. The lowest BCUT2D eigenvalue weighted by molar-refractivity contribution is -0.121. The first-order valence-corrected chi connectivity index (χ1v) is 6.66. The maximum absolute atomic E-state index is 11.9. The van der Waals surface area contributed by atoms with E-state index in [-0.39, 0.29) is 5.91 Å². The van der Waals surface area contributed by atoms with E-state index in [1.807, 2.05) is 24.3 Å². The number of benzene rings is 1. The van der Waals surface area contributed by atoms with E-state index < -0.39 is 0 Å². The van der Waals surface area contributed by atoms with E-state index in [0.717, 1.165) is 17.7 Å². The molecule has 0 saturated heterocycles. The molecule has 3 heteroatoms. The fourth-order valence-corrected chi connectivity index (χ4v) is 2.43. The molecule has 2 rings (SSSR count). The second-order valence-corrected chi connectivity index (χ2v) is 5.59. The second kappa shape index (κ2) is 5.53. The molecule has 0 aromatic heterocycles. The van der Waals surface area contributed by atoms with E-state index in [1.165, 1.54) is 19.3 Å². The topological polar surface area (TPSA) is 55.1 Å². The van der Waals surface area contributed by atoms with Crippen LogP contribution in [0.2, 0.25) is 0 Å². The summed E-state index contributed by atoms with van der Waals surface area (Å²) in [4.78, 5) is 11.9. The smallest absolute Gasteiger partial charge is 0.224 e. The van der Waals surface area contributed by atoms with Gasteiger partial charge in [0, 0.05) is 13.1 Å². The Labute approximate surface area is 109 Å². The molecule has 1 aliphatic carbocycles. The fraction of sp³-hybridized carbons (Fsp3) is 0.533. The Kier molecular flexibility index (Phi) is 4.02. The molecule has 1 saturated carbocycles. The monoisotopic (exact) mass is 246 g/mol. The standard InChI is InChI=1S/C15H22N2O/c1-15(7-4-8-15)11-17-14(18)9-12-5-2-3-6-13(12)10-16/h2-3,5-6H,4,7-11,16H2,1H3,(H,17,18). The lowest BCUT2D eigenvalue weighted by Gasteiger charge is -2.38. The highest BCUT2D eigenvalue weighted by Crippen LogP contribution is 2.39. The molecule has 0 atom stereocenters. The van der Waals surface area contributed by atoms with Gasteiger partial charge in [0.15, 0.2) is 0 Å². The van der Waals surface area contributed by atoms with E-state index in [2.05, 4.69) is 12.2 Å². The Bertz CT molecular complexity index is 424. The molecule has 0 spiro atoms. The average molecular weight is 246 g/mol. The molecular weight excluding hydrogens is 224 g/mol. The summed E-state index contributed by atoms with van der Waals surface area (Å²) in [6, 6.07) is 7.87. The molecule has 1 fully saturated rings. The van der Waals surface area contributed by atoms with Crippen molar-refractivity contribution in [2.45, 2.75) is 39.2 Å². The number of carbonyl (C=O) groups is 1. The number of nitrogens with one attached hydrogen (secondary N) is 1. The molecule has 0 heterocycles. The molecule has 3 N–H and O–H groups in total. The molecule has 0 radical (unpaired) electrons. The van der Waals surface area contributed by atoms with Crippen molar-refractivity contribution in [3.8, 4) is 0 Å². The first-order chi connectivity index (χ1) is 8.63. The van der Waals surface area contributed by atoms with Crippen molar-refractivity contribution in [1.29, 1.82) is 0 Å². The molecule has 0 aliphatic heterocycles. The molecule has 98 valence electrons. The minimum atomic E-state index is 0.101. The van der Waals surface area contributed by atoms with Gasteiger partial charge in [-0.1, -0.05) is 37.6 Å². The SMILES string of the molecule is CC1(CNC(=O)Cc2ccccc2CN)CCC1. The third-order valence-electron chi connectivity index (χ3n) is 3.96. The van der Waals surface area contributed by atoms with Gasteiger partial charge in [-0.15, -0.1) is 0 Å². The summed E-state index contributed by atoms with van der Waals surface area (Å²) in [5.41, 5.74) is 8.10. The number of nitrogens with two attached hydrogens (primary N) is 1. The Morgan fingerprint density at radius 1 is 1.33 bits per heavy atom. The summed E-state index contributed by atoms with van der Waals surface area (Å²) in [6.07, 6.45) is 4.19. The number of rotatable bonds is 5. The van der Waals surface area contributed by atoms with Gasteiger partial charge in [-0.25, -0.2) is 0 Å². The van der Waals surface area contributed by atoms with Gasteiger partial charge < -0.3 is 11.1 Å². The molecule has 18 heavy (non-hydrogen) atoms. The predicted molar refractivity (Wildman–Crippen MR) is 73.0 cm³/mol. The van der Waals surface area contributed by atoms with Crippen molar-refractivity contribution in [2.24, 2.45) is 11.1 Å². The summed E-state index contributed by atoms with van der Waals surface area (Å²) in [6.45, 7) is 3.53. The van der Waals surface area contributed by atoms with Crippen molar-refractivity contribution >= 4 is 5.91 Å². The molecule has 1 aromatic rings. The van der Waals surface area contributed by atoms with Crippen molar-refractivity contribution in [3.63, 3.8) is 0 Å². The van der Waals surface area contributed by atoms with Gasteiger partial charge in [0.05, 0.1) is 6.42 Å². The van der Waals surface area contributed by atoms with Gasteiger partial charge in [-0.05, 0) is 29.4 Å². The largest absolute Gasteiger partial charge is 0.355 e. The lowest BCUT2D eigenvalue weighted by Crippen LogP contribution is -2.40. The van der Waals surface area contributed by atoms with Gasteiger partial charge in [0.2, 0.25) is 5.91 Å². The highest BCUT2D eigenvalue weighted by atomic mass is 16.1. The summed E-state index contributed by atoms with van der Waals surface area (Å²) >= 11 is 0. The highest BCUT2D eigenvalue weighted by Gasteiger charge is 2.31. The van der Waals surface area contributed by atoms with Crippen molar-refractivity contribution in [1.82, 2.24) is 5.32 Å². The zero-order valence-electron chi connectivity index (χ0n) is 11.0. The summed E-state index contributed by atoms with van der Waals surface area (Å²) in [5, 5.41) is 3.05. The second-order valence-electron chi connectivity index (χ2n) is 5.59. The van der Waals surface area contributed by atoms with E-state index >= 15 is 0 Å². The number of amides is 1. The lowest BCUT2D eigenvalue weighted by atomic mass is 9.70. The summed E-state index contributed by atoms with van der Waals surface area (Å²) in [7, 11) is 0. The van der Waals surface area contributed by atoms with E-state index in [9.17, 15) is 4.79 Å². The van der Waals surface area contributed by atoms with Crippen LogP contribution >= 0.6 is 0 Å². The normalized spacial score (nSPS) is 17.0. The number of hydrogen-bond donors (Lipinski definition) is 2. The molecule has 1 aliphatic rings. The van der Waals surface area contributed by atoms with E-state index in [0.29, 0.717) is 18.4 Å². The Hall–Kier alpha value is -1.35. The van der Waals surface area contributed by atoms with Gasteiger partial charge in [0.25, 0.3) is 0 Å². The summed E-state index contributed by atoms with van der Waals surface area (Å²) < 4.78 is 0. The van der Waals surface area contributed by atoms with Crippen LogP contribution in [0.1, 0.15) is 37.3 Å². The van der Waals surface area contributed by atoms with Gasteiger partial charge in [-0.2, -0.15) is 0 Å². The fourth-order valence-electron chi connectivity index (χ4n) is 2.43. The van der Waals surface area contributed by atoms with E-state index in [4.69, 9.17) is 5.73 Å². The van der Waals surface area contributed by atoms with Crippen molar-refractivity contribution < 1.29 is 4.79 Å². The van der Waals surface area contributed by atoms with Crippen LogP contribution in [0.25, 0.3) is 0 Å². The minimum absolute atomic E-state index is 0.101. The van der Waals surface area contributed by atoms with Crippen LogP contribution in [-0.4, -0.2) is 12.5 Å². The van der Waals surface area contributed by atoms with Crippen LogP contribution < -0.4 is 11.1 Å². The van der Waals surface area contributed by atoms with Crippen LogP contribution in [0.3, 0.4) is 0 Å². The Morgan fingerprint density at radius 2 is 2.00 bits per heavy atom. The number of carbonyl (C=O) groups excluding carboxylic acids is 1. The van der Waals surface area contributed by atoms with Crippen LogP contribution in [0.15, 0.2) is 24.3 Å². The molecule has 0 unspecified atom stereocenters. The first kappa shape index (κ1) is 13.1. The van der Waals surface area contributed by atoms with E-state index in [1.54, 1.807) is 0 Å². The van der Waals surface area contributed by atoms with Crippen LogP contribution in [0, 0.1) is 5.41 Å². The average Bonchev–Trinajstić information content (AvgIpc) is 2.35. The Balaban J connectivity index is 1.86. The third kappa shape index (κ3) is 3.10. The predicted octanol–water partition coefficient (Wildman–Crippen LogP) is 1.99. The zero-order valence-corrected chi connectivity index (χ0v) is 11.0. The third-order valence-corrected chi connectivity index (χ3v) is 3.96. The molecule has 1 amide bonds. The maximum Gasteiger partial charge on any atom is 0.224 e. The van der Waals surface area contributed by atoms with Gasteiger partial charge in [-0.3, -0.25) is 4.79 Å². The van der Waals surface area contributed by atoms with Gasteiger partial charge in [0.1, 0.15) is 0 Å². The first-order valence-electron chi connectivity index (χ1n) is 6.66. The molecule has 1 aromatic carbocycles. The zero-order chi connectivity index (χ0) is 13.0. The van der Waals surface area contributed by atoms with Crippen LogP contribution in [0.4, 0.5) is 0 Å². The summed E-state index contributed by atoms with van der Waals surface area (Å²) in [5.74, 6) is 0.101.